The van der Waals surface area contributed by atoms with Crippen molar-refractivity contribution in [3.8, 4) is 0 Å². The highest BCUT2D eigenvalue weighted by atomic mass is 16.2. The van der Waals surface area contributed by atoms with E-state index in [2.05, 4.69) is 20.2 Å². The Morgan fingerprint density at radius 3 is 2.81 bits per heavy atom. The maximum Gasteiger partial charge on any atom is 0.261 e. The second kappa shape index (κ2) is 6.68. The van der Waals surface area contributed by atoms with Gasteiger partial charge in [0.05, 0.1) is 18.3 Å². The number of pyridine rings is 1. The Kier molecular flexibility index (Phi) is 4.36. The Labute approximate surface area is 151 Å². The summed E-state index contributed by atoms with van der Waals surface area (Å²) < 4.78 is 1.80. The van der Waals surface area contributed by atoms with Gasteiger partial charge < -0.3 is 14.8 Å². The van der Waals surface area contributed by atoms with Gasteiger partial charge in [0, 0.05) is 25.0 Å². The van der Waals surface area contributed by atoms with Gasteiger partial charge in [-0.2, -0.15) is 0 Å². The SMILES string of the molecule is CN(C)[C@@H]1CN(C(=O)c2cc3c([nH]c2=O)CCCC3)C[C@@H]1n1ccnn1. The van der Waals surface area contributed by atoms with Gasteiger partial charge in [-0.15, -0.1) is 5.10 Å². The number of aromatic nitrogens is 4. The summed E-state index contributed by atoms with van der Waals surface area (Å²) in [5, 5.41) is 7.99. The largest absolute Gasteiger partial charge is 0.335 e. The van der Waals surface area contributed by atoms with Gasteiger partial charge in [0.15, 0.2) is 0 Å². The van der Waals surface area contributed by atoms with Crippen LogP contribution in [0.4, 0.5) is 0 Å². The lowest BCUT2D eigenvalue weighted by molar-refractivity contribution is 0.0779. The number of likely N-dealkylation sites (N-methyl/N-ethyl adjacent to an activating group) is 1. The molecule has 0 unspecified atom stereocenters. The van der Waals surface area contributed by atoms with Crippen LogP contribution in [0.3, 0.4) is 0 Å². The molecule has 2 aromatic heterocycles. The fourth-order valence-corrected chi connectivity index (χ4v) is 4.10. The first-order valence-corrected chi connectivity index (χ1v) is 9.11. The van der Waals surface area contributed by atoms with E-state index in [0.29, 0.717) is 13.1 Å². The number of carbonyl (C=O) groups excluding carboxylic acids is 1. The van der Waals surface area contributed by atoms with Gasteiger partial charge in [0.25, 0.3) is 11.5 Å². The van der Waals surface area contributed by atoms with E-state index in [1.54, 1.807) is 15.8 Å². The van der Waals surface area contributed by atoms with E-state index >= 15 is 0 Å². The average Bonchev–Trinajstić information content (AvgIpc) is 3.29. The predicted molar refractivity (Wildman–Crippen MR) is 96.1 cm³/mol. The summed E-state index contributed by atoms with van der Waals surface area (Å²) >= 11 is 0. The highest BCUT2D eigenvalue weighted by Gasteiger charge is 2.39. The van der Waals surface area contributed by atoms with Crippen molar-refractivity contribution in [2.75, 3.05) is 27.2 Å². The Morgan fingerprint density at radius 2 is 2.08 bits per heavy atom. The fourth-order valence-electron chi connectivity index (χ4n) is 4.10. The highest BCUT2D eigenvalue weighted by Crippen LogP contribution is 2.26. The van der Waals surface area contributed by atoms with Crippen molar-refractivity contribution in [1.82, 2.24) is 29.8 Å². The Morgan fingerprint density at radius 1 is 1.27 bits per heavy atom. The van der Waals surface area contributed by atoms with Crippen molar-refractivity contribution < 1.29 is 4.79 Å². The summed E-state index contributed by atoms with van der Waals surface area (Å²) in [6.07, 6.45) is 7.47. The summed E-state index contributed by atoms with van der Waals surface area (Å²) in [6, 6.07) is 1.95. The van der Waals surface area contributed by atoms with Crippen LogP contribution in [0.25, 0.3) is 0 Å². The predicted octanol–water partition coefficient (Wildman–Crippen LogP) is 0.472. The van der Waals surface area contributed by atoms with Crippen LogP contribution in [-0.4, -0.2) is 68.9 Å². The van der Waals surface area contributed by atoms with E-state index in [9.17, 15) is 9.59 Å². The molecule has 0 spiro atoms. The standard InChI is InChI=1S/C18H24N6O2/c1-22(2)15-10-23(11-16(15)24-8-7-19-21-24)18(26)13-9-12-5-3-4-6-14(12)20-17(13)25/h7-9,15-16H,3-6,10-11H2,1-2H3,(H,20,25)/t15-,16+/m1/s1. The zero-order chi connectivity index (χ0) is 18.3. The van der Waals surface area contributed by atoms with Crippen LogP contribution in [0, 0.1) is 0 Å². The van der Waals surface area contributed by atoms with Crippen molar-refractivity contribution in [1.29, 1.82) is 0 Å². The van der Waals surface area contributed by atoms with Crippen molar-refractivity contribution in [3.63, 3.8) is 0 Å². The summed E-state index contributed by atoms with van der Waals surface area (Å²) in [4.78, 5) is 32.3. The molecule has 8 heteroatoms. The molecule has 0 bridgehead atoms. The molecule has 0 radical (unpaired) electrons. The average molecular weight is 356 g/mol. The van der Waals surface area contributed by atoms with Crippen molar-refractivity contribution in [2.24, 2.45) is 0 Å². The first-order chi connectivity index (χ1) is 12.5. The Balaban J connectivity index is 1.62. The molecule has 1 saturated heterocycles. The molecule has 0 aromatic carbocycles. The minimum Gasteiger partial charge on any atom is -0.335 e. The van der Waals surface area contributed by atoms with Crippen molar-refractivity contribution in [3.05, 3.63) is 45.6 Å². The number of aromatic amines is 1. The van der Waals surface area contributed by atoms with Crippen LogP contribution in [0.1, 0.15) is 40.5 Å². The molecule has 0 saturated carbocycles. The van der Waals surface area contributed by atoms with Crippen LogP contribution in [0.2, 0.25) is 0 Å². The molecule has 1 aliphatic carbocycles. The van der Waals surface area contributed by atoms with Crippen molar-refractivity contribution >= 4 is 5.91 Å². The summed E-state index contributed by atoms with van der Waals surface area (Å²) in [5.41, 5.74) is 2.07. The lowest BCUT2D eigenvalue weighted by Crippen LogP contribution is -2.38. The molecule has 138 valence electrons. The van der Waals surface area contributed by atoms with E-state index in [4.69, 9.17) is 0 Å². The number of nitrogens with zero attached hydrogens (tertiary/aromatic N) is 5. The molecule has 2 aromatic rings. The smallest absolute Gasteiger partial charge is 0.261 e. The molecule has 4 rings (SSSR count). The molecule has 1 aliphatic heterocycles. The van der Waals surface area contributed by atoms with Gasteiger partial charge >= 0.3 is 0 Å². The third-order valence-electron chi connectivity index (χ3n) is 5.56. The third-order valence-corrected chi connectivity index (χ3v) is 5.56. The van der Waals surface area contributed by atoms with Crippen molar-refractivity contribution in [2.45, 2.75) is 37.8 Å². The first kappa shape index (κ1) is 17.0. The minimum absolute atomic E-state index is 0.0214. The topological polar surface area (TPSA) is 87.1 Å². The number of hydrogen-bond acceptors (Lipinski definition) is 5. The molecule has 26 heavy (non-hydrogen) atoms. The van der Waals surface area contributed by atoms with Gasteiger partial charge in [0.2, 0.25) is 0 Å². The zero-order valence-electron chi connectivity index (χ0n) is 15.2. The van der Waals surface area contributed by atoms with Crippen LogP contribution in [0.5, 0.6) is 0 Å². The van der Waals surface area contributed by atoms with E-state index in [-0.39, 0.29) is 29.1 Å². The van der Waals surface area contributed by atoms with Crippen LogP contribution >= 0.6 is 0 Å². The molecule has 2 atom stereocenters. The third kappa shape index (κ3) is 2.94. The summed E-state index contributed by atoms with van der Waals surface area (Å²) in [7, 11) is 3.99. The summed E-state index contributed by atoms with van der Waals surface area (Å²) in [6.45, 7) is 1.08. The number of H-pyrrole nitrogens is 1. The Hall–Kier alpha value is -2.48. The molecule has 1 amide bonds. The second-order valence-corrected chi connectivity index (χ2v) is 7.41. The first-order valence-electron chi connectivity index (χ1n) is 9.11. The molecule has 3 heterocycles. The lowest BCUT2D eigenvalue weighted by atomic mass is 9.95. The number of aryl methyl sites for hydroxylation is 2. The normalized spacial score (nSPS) is 22.7. The minimum atomic E-state index is -0.277. The highest BCUT2D eigenvalue weighted by molar-refractivity contribution is 5.94. The van der Waals surface area contributed by atoms with Gasteiger partial charge in [-0.3, -0.25) is 9.59 Å². The maximum atomic E-state index is 13.1. The van der Waals surface area contributed by atoms with Crippen LogP contribution < -0.4 is 5.56 Å². The van der Waals surface area contributed by atoms with Gasteiger partial charge in [-0.05, 0) is 51.4 Å². The quantitative estimate of drug-likeness (QED) is 0.864. The molecular formula is C18H24N6O2. The number of fused-ring (bicyclic) bond motifs is 1. The number of carbonyl (C=O) groups is 1. The number of amides is 1. The lowest BCUT2D eigenvalue weighted by Gasteiger charge is -2.24. The van der Waals surface area contributed by atoms with E-state index in [0.717, 1.165) is 36.9 Å². The van der Waals surface area contributed by atoms with Gasteiger partial charge in [-0.25, -0.2) is 4.68 Å². The van der Waals surface area contributed by atoms with Crippen LogP contribution in [0.15, 0.2) is 23.3 Å². The Bertz CT molecular complexity index is 857. The molecule has 1 N–H and O–H groups in total. The van der Waals surface area contributed by atoms with Gasteiger partial charge in [-0.1, -0.05) is 5.21 Å². The fraction of sp³-hybridized carbons (Fsp3) is 0.556. The number of rotatable bonds is 3. The molecule has 2 aliphatic rings. The van der Waals surface area contributed by atoms with E-state index < -0.39 is 0 Å². The second-order valence-electron chi connectivity index (χ2n) is 7.41. The zero-order valence-corrected chi connectivity index (χ0v) is 15.2. The van der Waals surface area contributed by atoms with Crippen LogP contribution in [-0.2, 0) is 12.8 Å². The molecule has 1 fully saturated rings. The molecular weight excluding hydrogens is 332 g/mol. The number of nitrogens with one attached hydrogen (secondary N) is 1. The maximum absolute atomic E-state index is 13.1. The number of likely N-dealkylation sites (tertiary alicyclic amines) is 1. The molecule has 8 nitrogen and oxygen atoms in total. The summed E-state index contributed by atoms with van der Waals surface area (Å²) in [5.74, 6) is -0.200. The monoisotopic (exact) mass is 356 g/mol. The van der Waals surface area contributed by atoms with Gasteiger partial charge in [0.1, 0.15) is 5.56 Å². The van der Waals surface area contributed by atoms with E-state index in [1.807, 2.05) is 26.4 Å². The van der Waals surface area contributed by atoms with E-state index in [1.165, 1.54) is 0 Å². The number of hydrogen-bond donors (Lipinski definition) is 1.